The highest BCUT2D eigenvalue weighted by Crippen LogP contribution is 2.40. The minimum Gasteiger partial charge on any atom is -0.303 e. The van der Waals surface area contributed by atoms with Crippen molar-refractivity contribution in [2.45, 2.75) is 5.33 Å². The number of rotatable bonds is 2. The van der Waals surface area contributed by atoms with Crippen LogP contribution in [0.15, 0.2) is 0 Å². The molecule has 70 valence electrons. The van der Waals surface area contributed by atoms with Crippen molar-refractivity contribution < 1.29 is 27.3 Å². The molecule has 0 aliphatic carbocycles. The van der Waals surface area contributed by atoms with E-state index in [4.69, 9.17) is 4.89 Å². The van der Waals surface area contributed by atoms with Crippen molar-refractivity contribution in [2.75, 3.05) is 14.2 Å². The smallest absolute Gasteiger partial charge is 0.303 e. The largest absolute Gasteiger partial charge is 0.471 e. The van der Waals surface area contributed by atoms with Gasteiger partial charge in [0.05, 0.1) is 0 Å². The number of phosphoric acid groups is 1. The molecule has 11 heavy (non-hydrogen) atoms. The summed E-state index contributed by atoms with van der Waals surface area (Å²) in [5.74, 6) is 0. The van der Waals surface area contributed by atoms with Crippen LogP contribution in [-0.2, 0) is 13.6 Å². The summed E-state index contributed by atoms with van der Waals surface area (Å²) in [5.41, 5.74) is 0. The molecule has 0 atom stereocenters. The summed E-state index contributed by atoms with van der Waals surface area (Å²) < 4.78 is 38.5. The Kier molecular flexibility index (Phi) is 9.06. The summed E-state index contributed by atoms with van der Waals surface area (Å²) in [4.78, 5) is 8.24. The molecular formula is C3H8BrF2O4P. The molecular weight excluding hydrogens is 249 g/mol. The normalized spacial score (nSPS) is 10.8. The Bertz CT molecular complexity index is 122. The van der Waals surface area contributed by atoms with Gasteiger partial charge in [-0.2, -0.15) is 8.78 Å². The average molecular weight is 257 g/mol. The fourth-order valence-electron chi connectivity index (χ4n) is 0.0745. The van der Waals surface area contributed by atoms with Crippen LogP contribution in [-0.4, -0.2) is 24.4 Å². The van der Waals surface area contributed by atoms with Gasteiger partial charge in [-0.3, -0.25) is 9.05 Å². The number of phosphoric ester groups is 1. The van der Waals surface area contributed by atoms with Gasteiger partial charge in [0.15, 0.2) is 0 Å². The zero-order valence-corrected chi connectivity index (χ0v) is 8.31. The lowest BCUT2D eigenvalue weighted by atomic mass is 11.7. The van der Waals surface area contributed by atoms with E-state index in [1.54, 1.807) is 0 Å². The third-order valence-corrected chi connectivity index (χ3v) is 1.38. The van der Waals surface area contributed by atoms with Crippen LogP contribution in [0.2, 0.25) is 0 Å². The first-order valence-electron chi connectivity index (χ1n) is 2.22. The molecule has 0 radical (unpaired) electrons. The van der Waals surface area contributed by atoms with E-state index in [-0.39, 0.29) is 0 Å². The maximum Gasteiger partial charge on any atom is 0.471 e. The van der Waals surface area contributed by atoms with E-state index in [1.807, 2.05) is 15.9 Å². The minimum absolute atomic E-state index is 1.10. The highest BCUT2D eigenvalue weighted by Gasteiger charge is 2.13. The lowest BCUT2D eigenvalue weighted by molar-refractivity contribution is 0.204. The van der Waals surface area contributed by atoms with Crippen LogP contribution >= 0.6 is 23.8 Å². The molecule has 0 fully saturated rings. The van der Waals surface area contributed by atoms with Crippen molar-refractivity contribution in [3.05, 3.63) is 0 Å². The average Bonchev–Trinajstić information content (AvgIpc) is 1.87. The maximum absolute atomic E-state index is 10.2. The molecule has 0 aliphatic heterocycles. The summed E-state index contributed by atoms with van der Waals surface area (Å²) in [5, 5.41) is -2.35. The van der Waals surface area contributed by atoms with Crippen LogP contribution in [0, 0.1) is 0 Å². The summed E-state index contributed by atoms with van der Waals surface area (Å²) in [6, 6.07) is 0. The topological polar surface area (TPSA) is 55.8 Å². The maximum atomic E-state index is 10.2. The van der Waals surface area contributed by atoms with E-state index in [0.717, 1.165) is 14.2 Å². The van der Waals surface area contributed by atoms with Crippen molar-refractivity contribution in [3.63, 3.8) is 0 Å². The van der Waals surface area contributed by atoms with E-state index >= 15 is 0 Å². The van der Waals surface area contributed by atoms with E-state index in [0.29, 0.717) is 0 Å². The summed E-state index contributed by atoms with van der Waals surface area (Å²) in [6.07, 6.45) is 0. The molecule has 8 heteroatoms. The second kappa shape index (κ2) is 7.12. The third kappa shape index (κ3) is 17.9. The van der Waals surface area contributed by atoms with Crippen LogP contribution in [0.25, 0.3) is 0 Å². The highest BCUT2D eigenvalue weighted by molar-refractivity contribution is 9.09. The SMILES string of the molecule is COP(=O)(O)OC.FC(F)Br. The Morgan fingerprint density at radius 1 is 1.45 bits per heavy atom. The molecule has 0 aromatic rings. The van der Waals surface area contributed by atoms with Crippen LogP contribution in [0.5, 0.6) is 0 Å². The Morgan fingerprint density at radius 3 is 1.64 bits per heavy atom. The first-order valence-corrected chi connectivity index (χ1v) is 4.63. The second-order valence-corrected chi connectivity index (χ2v) is 3.44. The highest BCUT2D eigenvalue weighted by atomic mass is 79.9. The Hall–Kier alpha value is 0.450. The Balaban J connectivity index is 0. The van der Waals surface area contributed by atoms with Gasteiger partial charge < -0.3 is 4.89 Å². The lowest BCUT2D eigenvalue weighted by Gasteiger charge is -2.01. The number of alkyl halides is 3. The molecule has 0 aliphatic rings. The van der Waals surface area contributed by atoms with Crippen molar-refractivity contribution in [1.82, 2.24) is 0 Å². The zero-order chi connectivity index (χ0) is 9.49. The quantitative estimate of drug-likeness (QED) is 0.607. The molecule has 0 aromatic heterocycles. The second-order valence-electron chi connectivity index (χ2n) is 1.08. The molecule has 0 unspecified atom stereocenters. The Labute approximate surface area is 71.2 Å². The monoisotopic (exact) mass is 256 g/mol. The fraction of sp³-hybridized carbons (Fsp3) is 1.00. The molecule has 4 nitrogen and oxygen atoms in total. The van der Waals surface area contributed by atoms with E-state index < -0.39 is 13.2 Å². The van der Waals surface area contributed by atoms with Crippen molar-refractivity contribution in [1.29, 1.82) is 0 Å². The molecule has 0 saturated carbocycles. The van der Waals surface area contributed by atoms with E-state index in [2.05, 4.69) is 9.05 Å². The standard InChI is InChI=1S/C2H7O4P.CHBrF2/c1-5-7(3,4)6-2;2-1(3)4/h1-2H3,(H,3,4);1H. The first kappa shape index (κ1) is 14.0. The zero-order valence-electron chi connectivity index (χ0n) is 5.83. The number of hydrogen-bond donors (Lipinski definition) is 1. The summed E-state index contributed by atoms with van der Waals surface area (Å²) in [6.45, 7) is 0. The van der Waals surface area contributed by atoms with Gasteiger partial charge >= 0.3 is 7.82 Å². The molecule has 1 N–H and O–H groups in total. The number of halogens is 3. The molecule has 0 spiro atoms. The molecule has 0 rings (SSSR count). The molecule has 0 saturated heterocycles. The van der Waals surface area contributed by atoms with Crippen LogP contribution in [0.4, 0.5) is 8.78 Å². The molecule has 0 heterocycles. The third-order valence-electron chi connectivity index (χ3n) is 0.461. The van der Waals surface area contributed by atoms with Gasteiger partial charge in [0.2, 0.25) is 0 Å². The van der Waals surface area contributed by atoms with Crippen molar-refractivity contribution in [2.24, 2.45) is 0 Å². The van der Waals surface area contributed by atoms with Gasteiger partial charge in [0, 0.05) is 14.2 Å². The lowest BCUT2D eigenvalue weighted by Crippen LogP contribution is -1.83. The first-order chi connectivity index (χ1) is 4.85. The van der Waals surface area contributed by atoms with Gasteiger partial charge in [-0.1, -0.05) is 0 Å². The van der Waals surface area contributed by atoms with Crippen LogP contribution in [0.1, 0.15) is 0 Å². The number of hydrogen-bond acceptors (Lipinski definition) is 3. The van der Waals surface area contributed by atoms with Gasteiger partial charge in [0.25, 0.3) is 5.33 Å². The van der Waals surface area contributed by atoms with E-state index in [1.165, 1.54) is 0 Å². The van der Waals surface area contributed by atoms with Gasteiger partial charge in [0.1, 0.15) is 0 Å². The Morgan fingerprint density at radius 2 is 1.64 bits per heavy atom. The van der Waals surface area contributed by atoms with Crippen molar-refractivity contribution in [3.8, 4) is 0 Å². The summed E-state index contributed by atoms with van der Waals surface area (Å²) >= 11 is 1.94. The summed E-state index contributed by atoms with van der Waals surface area (Å²) in [7, 11) is -1.45. The van der Waals surface area contributed by atoms with Gasteiger partial charge in [-0.05, 0) is 15.9 Å². The molecule has 0 aromatic carbocycles. The predicted molar refractivity (Wildman–Crippen MR) is 38.8 cm³/mol. The van der Waals surface area contributed by atoms with E-state index in [9.17, 15) is 13.3 Å². The van der Waals surface area contributed by atoms with Gasteiger partial charge in [-0.15, -0.1) is 0 Å². The van der Waals surface area contributed by atoms with Gasteiger partial charge in [-0.25, -0.2) is 4.57 Å². The molecule has 0 amide bonds. The predicted octanol–water partition coefficient (Wildman–Crippen LogP) is 1.98. The van der Waals surface area contributed by atoms with Crippen LogP contribution in [0.3, 0.4) is 0 Å². The van der Waals surface area contributed by atoms with Crippen LogP contribution < -0.4 is 0 Å². The molecule has 0 bridgehead atoms. The van der Waals surface area contributed by atoms with Crippen molar-refractivity contribution >= 4 is 23.8 Å². The minimum atomic E-state index is -3.65. The fourth-order valence-corrected chi connectivity index (χ4v) is 0.224.